The number of benzene rings is 5. The maximum absolute atomic E-state index is 9.56. The van der Waals surface area contributed by atoms with Crippen molar-refractivity contribution in [3.05, 3.63) is 177 Å². The van der Waals surface area contributed by atoms with Gasteiger partial charge in [0, 0.05) is 23.5 Å². The highest BCUT2D eigenvalue weighted by Crippen LogP contribution is 2.27. The van der Waals surface area contributed by atoms with E-state index in [1.807, 2.05) is 174 Å². The van der Waals surface area contributed by atoms with Gasteiger partial charge in [-0.25, -0.2) is 0 Å². The summed E-state index contributed by atoms with van der Waals surface area (Å²) in [4.78, 5) is 19.1. The summed E-state index contributed by atoms with van der Waals surface area (Å²) in [5.74, 6) is 2.18. The smallest absolute Gasteiger partial charge is 0.323 e. The minimum absolute atomic E-state index is 0.139. The van der Waals surface area contributed by atoms with Crippen LogP contribution in [0, 0.1) is 0 Å². The molecule has 98 heavy (non-hydrogen) atoms. The molecule has 0 radical (unpaired) electrons. The monoisotopic (exact) mass is 1600 g/mol. The predicted octanol–water partition coefficient (Wildman–Crippen LogP) is 16.0. The summed E-state index contributed by atoms with van der Waals surface area (Å²) in [5.41, 5.74) is 10.9. The molecule has 5 rings (SSSR count). The first-order valence-electron chi connectivity index (χ1n) is 32.8. The number of hydrogen-bond acceptors (Lipinski definition) is 18. The molecule has 0 aromatic heterocycles. The fourth-order valence-electron chi connectivity index (χ4n) is 9.10. The molecule has 0 bridgehead atoms. The van der Waals surface area contributed by atoms with Gasteiger partial charge in [0.2, 0.25) is 0 Å². The Bertz CT molecular complexity index is 2720. The van der Waals surface area contributed by atoms with E-state index in [1.54, 1.807) is 40.0 Å². The van der Waals surface area contributed by atoms with Gasteiger partial charge in [-0.3, -0.25) is 0 Å². The van der Waals surface area contributed by atoms with Gasteiger partial charge in [-0.2, -0.15) is 0 Å². The van der Waals surface area contributed by atoms with Crippen molar-refractivity contribution in [2.24, 2.45) is 0 Å². The van der Waals surface area contributed by atoms with Gasteiger partial charge in [0.15, 0.2) is 0 Å². The normalized spacial score (nSPS) is 13.5. The SMILES string of the molecule is CC(O)CO.CC(O)COCc1ccc(CO[Si](C)(C)O[Si](C)(C)O[Si](C)(C)OCc2ccc(COCC(C)O)cc2)cc1.C[Si](C)(O)O[Si](C)(C)O[Si](C)(C)O.C[Si](C)(OCc1ccc(CCl)cc1)O[Si](C)(C)O[Si](C)(C)OCc1ccc(CCl)cc1.ClCc1ccc(CCl)cc1. The predicted molar refractivity (Wildman–Crippen MR) is 419 cm³/mol. The molecule has 0 heterocycles. The molecule has 5 aromatic rings. The summed E-state index contributed by atoms with van der Waals surface area (Å²) in [5, 5.41) is 34.6. The van der Waals surface area contributed by atoms with Gasteiger partial charge in [0.25, 0.3) is 0 Å². The Hall–Kier alpha value is -1.51. The van der Waals surface area contributed by atoms with Crippen molar-refractivity contribution >= 4 is 123 Å². The lowest BCUT2D eigenvalue weighted by molar-refractivity contribution is 0.0375. The highest BCUT2D eigenvalue weighted by atomic mass is 35.5. The summed E-state index contributed by atoms with van der Waals surface area (Å²) >= 11 is 22.9. The maximum atomic E-state index is 9.56. The van der Waals surface area contributed by atoms with Crippen LogP contribution in [0.25, 0.3) is 0 Å². The second-order valence-corrected chi connectivity index (χ2v) is 60.3. The summed E-state index contributed by atoms with van der Waals surface area (Å²) in [7, 11) is -22.1. The fraction of sp³-hybridized carbons (Fsp3) is 0.552. The van der Waals surface area contributed by atoms with Crippen molar-refractivity contribution in [2.45, 2.75) is 220 Å². The third-order valence-electron chi connectivity index (χ3n) is 12.6. The largest absolute Gasteiger partial charge is 0.416 e. The topological polar surface area (TPSA) is 232 Å². The molecule has 31 heteroatoms. The Balaban J connectivity index is 0.000000712. The fourth-order valence-corrected chi connectivity index (χ4v) is 43.0. The Morgan fingerprint density at radius 1 is 0.276 bits per heavy atom. The van der Waals surface area contributed by atoms with E-state index in [0.717, 1.165) is 55.6 Å². The molecule has 3 unspecified atom stereocenters. The Morgan fingerprint density at radius 3 is 0.592 bits per heavy atom. The maximum Gasteiger partial charge on any atom is 0.323 e. The van der Waals surface area contributed by atoms with Gasteiger partial charge in [-0.1, -0.05) is 121 Å². The molecule has 0 fully saturated rings. The highest BCUT2D eigenvalue weighted by Gasteiger charge is 2.44. The van der Waals surface area contributed by atoms with E-state index < -0.39 is 95.4 Å². The summed E-state index contributed by atoms with van der Waals surface area (Å²) in [6, 6.07) is 40.4. The molecular formula is C67H118Cl4O18Si9. The van der Waals surface area contributed by atoms with Gasteiger partial charge in [-0.05, 0) is 194 Å². The molecule has 5 aromatic carbocycles. The Morgan fingerprint density at radius 2 is 0.439 bits per heavy atom. The van der Waals surface area contributed by atoms with Crippen LogP contribution in [0.4, 0.5) is 0 Å². The molecule has 0 aliphatic carbocycles. The van der Waals surface area contributed by atoms with Gasteiger partial charge < -0.3 is 81.9 Å². The van der Waals surface area contributed by atoms with E-state index in [-0.39, 0.29) is 6.61 Å². The molecule has 0 saturated heterocycles. The van der Waals surface area contributed by atoms with E-state index in [4.69, 9.17) is 108 Å². The summed E-state index contributed by atoms with van der Waals surface area (Å²) in [6.45, 7) is 43.5. The molecule has 3 atom stereocenters. The molecule has 6 N–H and O–H groups in total. The van der Waals surface area contributed by atoms with Crippen LogP contribution >= 0.6 is 46.4 Å². The van der Waals surface area contributed by atoms with E-state index in [2.05, 4.69) is 39.3 Å². The molecule has 0 amide bonds. The lowest BCUT2D eigenvalue weighted by atomic mass is 10.1. The van der Waals surface area contributed by atoms with Crippen molar-refractivity contribution in [2.75, 3.05) is 19.8 Å². The Labute approximate surface area is 617 Å². The zero-order chi connectivity index (χ0) is 74.8. The summed E-state index contributed by atoms with van der Waals surface area (Å²) < 4.78 is 72.8. The van der Waals surface area contributed by atoms with Crippen LogP contribution in [0.2, 0.25) is 118 Å². The first kappa shape index (κ1) is 94.5. The van der Waals surface area contributed by atoms with Crippen molar-refractivity contribution in [1.29, 1.82) is 0 Å². The molecular weight excluding hydrogens is 1490 g/mol. The van der Waals surface area contributed by atoms with Gasteiger partial charge in [-0.15, -0.1) is 46.4 Å². The van der Waals surface area contributed by atoms with Crippen LogP contribution in [0.1, 0.15) is 76.4 Å². The number of rotatable bonds is 37. The number of halogens is 4. The molecule has 18 nitrogen and oxygen atoms in total. The zero-order valence-corrected chi connectivity index (χ0v) is 74.1. The summed E-state index contributed by atoms with van der Waals surface area (Å²) in [6.07, 6.45) is -1.49. The van der Waals surface area contributed by atoms with E-state index in [0.29, 0.717) is 76.4 Å². The second-order valence-electron chi connectivity index (χ2n) is 27.8. The number of alkyl halides is 4. The second kappa shape index (κ2) is 45.8. The third-order valence-corrected chi connectivity index (χ3v) is 40.8. The molecule has 0 spiro atoms. The van der Waals surface area contributed by atoms with Gasteiger partial charge in [0.1, 0.15) is 0 Å². The van der Waals surface area contributed by atoms with E-state index in [1.165, 1.54) is 6.92 Å². The van der Waals surface area contributed by atoms with Crippen molar-refractivity contribution in [1.82, 2.24) is 0 Å². The van der Waals surface area contributed by atoms with Crippen LogP contribution in [-0.2, 0) is 115 Å². The quantitative estimate of drug-likeness (QED) is 0.0160. The third kappa shape index (κ3) is 48.5. The van der Waals surface area contributed by atoms with Crippen LogP contribution in [0.3, 0.4) is 0 Å². The number of aliphatic hydroxyl groups is 4. The van der Waals surface area contributed by atoms with Gasteiger partial charge in [0.05, 0.1) is 77.8 Å². The lowest BCUT2D eigenvalue weighted by Gasteiger charge is -2.37. The molecule has 558 valence electrons. The number of ether oxygens (including phenoxy) is 2. The van der Waals surface area contributed by atoms with E-state index >= 15 is 0 Å². The van der Waals surface area contributed by atoms with Crippen LogP contribution in [0.5, 0.6) is 0 Å². The molecule has 0 aliphatic heterocycles. The van der Waals surface area contributed by atoms with Crippen LogP contribution < -0.4 is 0 Å². The standard InChI is InChI=1S/C28H48O8Si3.C22H34Cl2O4Si3.C8H8Cl2.C6H20O4Si3.C3H8O2/c1-23(29)17-31-19-25-9-13-27(14-10-25)21-33-37(3,4)35-39(7,8)36-38(5,6)34-22-28-15-11-26(12-16-28)20-32-18-24(2)30;1-29(2,25-17-21-11-7-19(15-23)8-12-21)27-31(5,6)28-30(3,4)26-18-22-13-9-20(16-24)10-14-22;9-5-7-1-2-8(6-10)4-3-7;1-11(2,7)9-13(5,6)10-12(3,4)8;1-3(5)2-4/h9-16,23-24,29-30H,17-22H2,1-8H3;7-14H,15-18H2,1-6H3;1-4H,5-6H2;7-8H,1-6H3;3-5H,2H2,1H3. The lowest BCUT2D eigenvalue weighted by Crippen LogP contribution is -2.54. The number of aliphatic hydroxyl groups excluding tert-OH is 4. The first-order valence-corrected chi connectivity index (χ1v) is 60.3. The van der Waals surface area contributed by atoms with Crippen molar-refractivity contribution in [3.8, 4) is 0 Å². The average molecular weight is 1610 g/mol. The minimum atomic E-state index is -2.54. The van der Waals surface area contributed by atoms with Gasteiger partial charge >= 0.3 is 77.0 Å². The average Bonchev–Trinajstić information content (AvgIpc) is 0.867. The highest BCUT2D eigenvalue weighted by molar-refractivity contribution is 6.86. The number of hydrogen-bond donors (Lipinski definition) is 6. The van der Waals surface area contributed by atoms with Crippen molar-refractivity contribution < 1.29 is 81.9 Å². The van der Waals surface area contributed by atoms with E-state index in [9.17, 15) is 19.8 Å². The minimum Gasteiger partial charge on any atom is -0.416 e. The van der Waals surface area contributed by atoms with Crippen LogP contribution in [-0.4, -0.2) is 145 Å². The first-order chi connectivity index (χ1) is 45.1. The molecule has 0 aliphatic rings. The Kier molecular flexibility index (Phi) is 44.1. The van der Waals surface area contributed by atoms with Crippen molar-refractivity contribution in [3.63, 3.8) is 0 Å². The van der Waals surface area contributed by atoms with Crippen LogP contribution in [0.15, 0.2) is 121 Å². The molecule has 0 saturated carbocycles. The zero-order valence-electron chi connectivity index (χ0n) is 62.1.